The number of amides is 2. The number of carbonyl (C=O) groups is 2. The summed E-state index contributed by atoms with van der Waals surface area (Å²) in [5.74, 6) is -0.867. The molecule has 2 N–H and O–H groups in total. The molecular formula is C15H20N2O3. The van der Waals surface area contributed by atoms with Gasteiger partial charge in [0.1, 0.15) is 6.04 Å². The minimum absolute atomic E-state index is 0.0869. The smallest absolute Gasteiger partial charge is 0.326 e. The second kappa shape index (κ2) is 5.94. The molecular weight excluding hydrogens is 256 g/mol. The van der Waals surface area contributed by atoms with Crippen molar-refractivity contribution in [2.75, 3.05) is 7.05 Å². The van der Waals surface area contributed by atoms with Crippen LogP contribution in [0.5, 0.6) is 0 Å². The number of nitrogens with zero attached hydrogens (tertiary/aromatic N) is 1. The van der Waals surface area contributed by atoms with Crippen LogP contribution < -0.4 is 5.32 Å². The highest BCUT2D eigenvalue weighted by Gasteiger charge is 2.37. The van der Waals surface area contributed by atoms with Gasteiger partial charge in [-0.3, -0.25) is 0 Å². The first-order valence-corrected chi connectivity index (χ1v) is 6.77. The molecule has 2 rings (SSSR count). The van der Waals surface area contributed by atoms with E-state index in [4.69, 9.17) is 5.11 Å². The maximum Gasteiger partial charge on any atom is 0.326 e. The Labute approximate surface area is 118 Å². The Morgan fingerprint density at radius 3 is 2.70 bits per heavy atom. The number of rotatable bonds is 5. The number of hydrogen-bond donors (Lipinski definition) is 2. The Balaban J connectivity index is 1.92. The van der Waals surface area contributed by atoms with Crippen molar-refractivity contribution in [3.05, 3.63) is 35.4 Å². The largest absolute Gasteiger partial charge is 0.480 e. The molecule has 1 aromatic carbocycles. The van der Waals surface area contributed by atoms with Gasteiger partial charge in [0.05, 0.1) is 0 Å². The van der Waals surface area contributed by atoms with Crippen LogP contribution in [0.1, 0.15) is 24.0 Å². The fourth-order valence-electron chi connectivity index (χ4n) is 2.21. The van der Waals surface area contributed by atoms with Crippen molar-refractivity contribution in [2.24, 2.45) is 5.92 Å². The Morgan fingerprint density at radius 1 is 1.45 bits per heavy atom. The van der Waals surface area contributed by atoms with E-state index in [1.165, 1.54) is 4.90 Å². The molecule has 1 unspecified atom stereocenters. The zero-order chi connectivity index (χ0) is 14.7. The summed E-state index contributed by atoms with van der Waals surface area (Å²) >= 11 is 0. The molecule has 1 fully saturated rings. The van der Waals surface area contributed by atoms with Crippen LogP contribution in [0.15, 0.2) is 24.3 Å². The van der Waals surface area contributed by atoms with Gasteiger partial charge >= 0.3 is 12.0 Å². The molecule has 0 aromatic heterocycles. The minimum Gasteiger partial charge on any atom is -0.480 e. The first-order chi connectivity index (χ1) is 9.47. The van der Waals surface area contributed by atoms with Gasteiger partial charge in [-0.2, -0.15) is 0 Å². The first-order valence-electron chi connectivity index (χ1n) is 6.77. The lowest BCUT2D eigenvalue weighted by Crippen LogP contribution is -2.47. The summed E-state index contributed by atoms with van der Waals surface area (Å²) in [5.41, 5.74) is 2.17. The van der Waals surface area contributed by atoms with E-state index >= 15 is 0 Å². The normalized spacial score (nSPS) is 15.5. The van der Waals surface area contributed by atoms with Crippen LogP contribution in [-0.2, 0) is 11.3 Å². The van der Waals surface area contributed by atoms with E-state index in [0.29, 0.717) is 6.54 Å². The van der Waals surface area contributed by atoms with E-state index in [1.54, 1.807) is 7.05 Å². The number of carboxylic acid groups (broad SMARTS) is 1. The van der Waals surface area contributed by atoms with Crippen molar-refractivity contribution in [3.63, 3.8) is 0 Å². The van der Waals surface area contributed by atoms with Gasteiger partial charge in [0.2, 0.25) is 0 Å². The van der Waals surface area contributed by atoms with Gasteiger partial charge in [-0.25, -0.2) is 9.59 Å². The average molecular weight is 276 g/mol. The highest BCUT2D eigenvalue weighted by atomic mass is 16.4. The van der Waals surface area contributed by atoms with E-state index in [1.807, 2.05) is 31.2 Å². The van der Waals surface area contributed by atoms with Gasteiger partial charge in [-0.15, -0.1) is 0 Å². The second-order valence-corrected chi connectivity index (χ2v) is 5.45. The molecule has 0 heterocycles. The van der Waals surface area contributed by atoms with Gasteiger partial charge in [0, 0.05) is 13.6 Å². The molecule has 1 saturated carbocycles. The number of benzene rings is 1. The quantitative estimate of drug-likeness (QED) is 0.864. The van der Waals surface area contributed by atoms with Crippen LogP contribution >= 0.6 is 0 Å². The molecule has 0 aliphatic heterocycles. The van der Waals surface area contributed by atoms with Crippen molar-refractivity contribution >= 4 is 12.0 Å². The summed E-state index contributed by atoms with van der Waals surface area (Å²) in [7, 11) is 1.67. The van der Waals surface area contributed by atoms with Crippen LogP contribution in [0.2, 0.25) is 0 Å². The fourth-order valence-corrected chi connectivity index (χ4v) is 2.21. The van der Waals surface area contributed by atoms with Crippen LogP contribution in [0.3, 0.4) is 0 Å². The number of carboxylic acids is 1. The van der Waals surface area contributed by atoms with Crippen molar-refractivity contribution in [2.45, 2.75) is 32.4 Å². The highest BCUT2D eigenvalue weighted by molar-refractivity contribution is 5.83. The Morgan fingerprint density at radius 2 is 2.15 bits per heavy atom. The molecule has 5 heteroatoms. The number of urea groups is 1. The molecule has 0 bridgehead atoms. The third-order valence-electron chi connectivity index (χ3n) is 3.49. The number of aliphatic carboxylic acids is 1. The molecule has 0 radical (unpaired) electrons. The molecule has 1 aliphatic rings. The zero-order valence-electron chi connectivity index (χ0n) is 11.8. The van der Waals surface area contributed by atoms with Gasteiger partial charge in [0.25, 0.3) is 0 Å². The minimum atomic E-state index is -0.954. The Kier molecular flexibility index (Phi) is 4.27. The van der Waals surface area contributed by atoms with E-state index in [0.717, 1.165) is 24.0 Å². The van der Waals surface area contributed by atoms with Crippen LogP contribution in [0.4, 0.5) is 4.79 Å². The zero-order valence-corrected chi connectivity index (χ0v) is 11.8. The van der Waals surface area contributed by atoms with E-state index in [9.17, 15) is 9.59 Å². The van der Waals surface area contributed by atoms with Gasteiger partial charge in [0.15, 0.2) is 0 Å². The lowest BCUT2D eigenvalue weighted by molar-refractivity contribution is -0.139. The summed E-state index contributed by atoms with van der Waals surface area (Å²) in [6.45, 7) is 2.46. The third kappa shape index (κ3) is 3.73. The lowest BCUT2D eigenvalue weighted by Gasteiger charge is -2.21. The molecule has 108 valence electrons. The highest BCUT2D eigenvalue weighted by Crippen LogP contribution is 2.32. The fraction of sp³-hybridized carbons (Fsp3) is 0.467. The molecule has 5 nitrogen and oxygen atoms in total. The van der Waals surface area contributed by atoms with Crippen LogP contribution in [0.25, 0.3) is 0 Å². The maximum atomic E-state index is 12.0. The third-order valence-corrected chi connectivity index (χ3v) is 3.49. The molecule has 1 aromatic rings. The lowest BCUT2D eigenvalue weighted by atomic mass is 10.1. The van der Waals surface area contributed by atoms with Crippen LogP contribution in [-0.4, -0.2) is 35.1 Å². The Hall–Kier alpha value is -2.04. The molecule has 20 heavy (non-hydrogen) atoms. The monoisotopic (exact) mass is 276 g/mol. The van der Waals surface area contributed by atoms with Gasteiger partial charge < -0.3 is 15.3 Å². The molecule has 0 spiro atoms. The van der Waals surface area contributed by atoms with Crippen LogP contribution in [0, 0.1) is 12.8 Å². The van der Waals surface area contributed by atoms with Crippen molar-refractivity contribution in [3.8, 4) is 0 Å². The second-order valence-electron chi connectivity index (χ2n) is 5.45. The topological polar surface area (TPSA) is 69.6 Å². The molecule has 0 saturated heterocycles. The van der Waals surface area contributed by atoms with Crippen molar-refractivity contribution in [1.29, 1.82) is 0 Å². The van der Waals surface area contributed by atoms with E-state index in [-0.39, 0.29) is 11.9 Å². The summed E-state index contributed by atoms with van der Waals surface area (Å²) in [6.07, 6.45) is 1.75. The van der Waals surface area contributed by atoms with E-state index < -0.39 is 12.0 Å². The molecule has 1 atom stereocenters. The molecule has 2 amide bonds. The first kappa shape index (κ1) is 14.4. The standard InChI is InChI=1S/C15H20N2O3/c1-10-4-3-5-11(8-10)9-17(2)15(20)16-13(14(18)19)12-6-7-12/h3-5,8,12-13H,6-7,9H2,1-2H3,(H,16,20)(H,18,19). The summed E-state index contributed by atoms with van der Waals surface area (Å²) in [5, 5.41) is 11.7. The van der Waals surface area contributed by atoms with Gasteiger partial charge in [-0.05, 0) is 31.2 Å². The number of nitrogens with one attached hydrogen (secondary N) is 1. The number of hydrogen-bond acceptors (Lipinski definition) is 2. The van der Waals surface area contributed by atoms with Crippen molar-refractivity contribution < 1.29 is 14.7 Å². The van der Waals surface area contributed by atoms with Crippen molar-refractivity contribution in [1.82, 2.24) is 10.2 Å². The number of carbonyl (C=O) groups excluding carboxylic acids is 1. The predicted octanol–water partition coefficient (Wildman–Crippen LogP) is 2.00. The average Bonchev–Trinajstić information content (AvgIpc) is 3.19. The van der Waals surface area contributed by atoms with E-state index in [2.05, 4.69) is 5.32 Å². The summed E-state index contributed by atoms with van der Waals surface area (Å²) in [4.78, 5) is 24.6. The SMILES string of the molecule is Cc1cccc(CN(C)C(=O)NC(C(=O)O)C2CC2)c1. The maximum absolute atomic E-state index is 12.0. The number of aryl methyl sites for hydroxylation is 1. The molecule has 1 aliphatic carbocycles. The predicted molar refractivity (Wildman–Crippen MR) is 75.3 cm³/mol. The van der Waals surface area contributed by atoms with Gasteiger partial charge in [-0.1, -0.05) is 29.8 Å². The summed E-state index contributed by atoms with van der Waals surface area (Å²) in [6, 6.07) is 6.80. The summed E-state index contributed by atoms with van der Waals surface area (Å²) < 4.78 is 0. The Bertz CT molecular complexity index is 512.